The van der Waals surface area contributed by atoms with Gasteiger partial charge in [-0.05, 0) is 65.4 Å². The van der Waals surface area contributed by atoms with E-state index in [0.29, 0.717) is 14.8 Å². The van der Waals surface area contributed by atoms with Crippen molar-refractivity contribution in [2.24, 2.45) is 0 Å². The van der Waals surface area contributed by atoms with E-state index in [4.69, 9.17) is 4.74 Å². The zero-order valence-electron chi connectivity index (χ0n) is 13.5. The second-order valence-corrected chi connectivity index (χ2v) is 6.69. The molecule has 2 N–H and O–H groups in total. The van der Waals surface area contributed by atoms with Gasteiger partial charge in [0.05, 0.1) is 16.4 Å². The van der Waals surface area contributed by atoms with Crippen LogP contribution in [0.5, 0.6) is 11.5 Å². The van der Waals surface area contributed by atoms with Gasteiger partial charge in [-0.2, -0.15) is 0 Å². The fraction of sp³-hybridized carbons (Fsp3) is 0.111. The van der Waals surface area contributed by atoms with Gasteiger partial charge in [-0.25, -0.2) is 5.01 Å². The molecule has 0 aromatic heterocycles. The summed E-state index contributed by atoms with van der Waals surface area (Å²) in [5, 5.41) is 11.1. The van der Waals surface area contributed by atoms with Gasteiger partial charge in [0.2, 0.25) is 0 Å². The van der Waals surface area contributed by atoms with Crippen LogP contribution in [0, 0.1) is 10.5 Å². The average molecular weight is 450 g/mol. The molecule has 0 spiro atoms. The molecule has 0 bridgehead atoms. The molecule has 2 aromatic carbocycles. The third-order valence-electron chi connectivity index (χ3n) is 3.77. The van der Waals surface area contributed by atoms with Gasteiger partial charge in [0.15, 0.2) is 11.5 Å². The predicted octanol–water partition coefficient (Wildman–Crippen LogP) is 2.78. The van der Waals surface area contributed by atoms with Crippen molar-refractivity contribution in [2.75, 3.05) is 12.1 Å². The largest absolute Gasteiger partial charge is 0.504 e. The molecule has 25 heavy (non-hydrogen) atoms. The first-order valence-corrected chi connectivity index (χ1v) is 8.49. The predicted molar refractivity (Wildman–Crippen MR) is 102 cm³/mol. The Bertz CT molecular complexity index is 891. The van der Waals surface area contributed by atoms with Crippen LogP contribution in [-0.2, 0) is 9.59 Å². The van der Waals surface area contributed by atoms with Crippen molar-refractivity contribution in [3.05, 3.63) is 56.7 Å². The third kappa shape index (κ3) is 3.32. The molecule has 1 aliphatic heterocycles. The molecule has 3 rings (SSSR count). The summed E-state index contributed by atoms with van der Waals surface area (Å²) in [6.45, 7) is 1.94. The van der Waals surface area contributed by atoms with Crippen molar-refractivity contribution in [3.63, 3.8) is 0 Å². The fourth-order valence-corrected chi connectivity index (χ4v) is 3.06. The summed E-state index contributed by atoms with van der Waals surface area (Å²) in [5.74, 6) is -0.614. The van der Waals surface area contributed by atoms with E-state index in [9.17, 15) is 14.7 Å². The quantitative estimate of drug-likeness (QED) is 0.429. The molecule has 0 aliphatic carbocycles. The summed E-state index contributed by atoms with van der Waals surface area (Å²) >= 11 is 1.96. The van der Waals surface area contributed by atoms with Gasteiger partial charge in [-0.1, -0.05) is 17.7 Å². The Morgan fingerprint density at radius 3 is 2.52 bits per heavy atom. The first kappa shape index (κ1) is 17.3. The number of nitrogens with zero attached hydrogens (tertiary/aromatic N) is 1. The van der Waals surface area contributed by atoms with E-state index in [1.165, 1.54) is 18.2 Å². The van der Waals surface area contributed by atoms with Gasteiger partial charge < -0.3 is 9.84 Å². The van der Waals surface area contributed by atoms with E-state index < -0.39 is 11.8 Å². The molecular formula is C18H15IN2O4. The molecule has 0 radical (unpaired) electrons. The number of hydrogen-bond donors (Lipinski definition) is 2. The summed E-state index contributed by atoms with van der Waals surface area (Å²) < 4.78 is 5.67. The van der Waals surface area contributed by atoms with E-state index in [-0.39, 0.29) is 17.1 Å². The van der Waals surface area contributed by atoms with Crippen LogP contribution in [0.2, 0.25) is 0 Å². The van der Waals surface area contributed by atoms with E-state index in [0.717, 1.165) is 5.56 Å². The normalized spacial score (nSPS) is 15.6. The number of phenols is 1. The molecule has 2 amide bonds. The second-order valence-electron chi connectivity index (χ2n) is 5.53. The molecule has 2 aromatic rings. The smallest absolute Gasteiger partial charge is 0.282 e. The molecule has 0 atom stereocenters. The fourth-order valence-electron chi connectivity index (χ4n) is 2.43. The first-order chi connectivity index (χ1) is 11.9. The van der Waals surface area contributed by atoms with E-state index in [1.807, 2.05) is 41.6 Å². The number of methoxy groups -OCH3 is 1. The number of nitrogens with one attached hydrogen (secondary N) is 1. The van der Waals surface area contributed by atoms with Crippen molar-refractivity contribution in [1.29, 1.82) is 0 Å². The summed E-state index contributed by atoms with van der Waals surface area (Å²) in [4.78, 5) is 24.8. The van der Waals surface area contributed by atoms with Crippen molar-refractivity contribution < 1.29 is 19.4 Å². The number of hydrogen-bond acceptors (Lipinski definition) is 4. The Balaban J connectivity index is 1.96. The molecule has 6 nitrogen and oxygen atoms in total. The number of halogens is 1. The number of rotatable bonds is 3. The van der Waals surface area contributed by atoms with Crippen molar-refractivity contribution in [3.8, 4) is 11.5 Å². The Hall–Kier alpha value is -2.55. The summed E-state index contributed by atoms with van der Waals surface area (Å²) in [6.07, 6.45) is 1.48. The highest BCUT2D eigenvalue weighted by Crippen LogP contribution is 2.33. The van der Waals surface area contributed by atoms with Crippen LogP contribution >= 0.6 is 22.6 Å². The SMILES string of the molecule is COc1cc(/C=C2/C(=O)NN(c3ccc(C)cc3)C2=O)cc(I)c1O. The number of carbonyl (C=O) groups excluding carboxylic acids is 2. The van der Waals surface area contributed by atoms with E-state index in [2.05, 4.69) is 5.43 Å². The van der Waals surface area contributed by atoms with Gasteiger partial charge in [0, 0.05) is 0 Å². The molecule has 1 saturated heterocycles. The van der Waals surface area contributed by atoms with Gasteiger partial charge in [-0.3, -0.25) is 15.0 Å². The van der Waals surface area contributed by atoms with Crippen molar-refractivity contribution >= 4 is 46.2 Å². The maximum absolute atomic E-state index is 12.6. The highest BCUT2D eigenvalue weighted by molar-refractivity contribution is 14.1. The average Bonchev–Trinajstić information content (AvgIpc) is 2.86. The van der Waals surface area contributed by atoms with Crippen molar-refractivity contribution in [2.45, 2.75) is 6.92 Å². The lowest BCUT2D eigenvalue weighted by molar-refractivity contribution is -0.117. The molecule has 1 fully saturated rings. The topological polar surface area (TPSA) is 78.9 Å². The second kappa shape index (κ2) is 6.75. The Morgan fingerprint density at radius 1 is 1.20 bits per heavy atom. The lowest BCUT2D eigenvalue weighted by atomic mass is 10.1. The minimum atomic E-state index is -0.479. The number of ether oxygens (including phenoxy) is 1. The zero-order chi connectivity index (χ0) is 18.1. The summed E-state index contributed by atoms with van der Waals surface area (Å²) in [6, 6.07) is 10.5. The molecule has 7 heteroatoms. The number of benzene rings is 2. The van der Waals surface area contributed by atoms with Crippen LogP contribution in [0.15, 0.2) is 42.0 Å². The van der Waals surface area contributed by atoms with Crippen LogP contribution < -0.4 is 15.2 Å². The van der Waals surface area contributed by atoms with Gasteiger partial charge in [0.25, 0.3) is 11.8 Å². The van der Waals surface area contributed by atoms with E-state index >= 15 is 0 Å². The molecule has 128 valence electrons. The molecule has 1 heterocycles. The van der Waals surface area contributed by atoms with Crippen LogP contribution in [0.25, 0.3) is 6.08 Å². The molecule has 0 saturated carbocycles. The van der Waals surface area contributed by atoms with E-state index in [1.54, 1.807) is 24.3 Å². The number of anilines is 1. The lowest BCUT2D eigenvalue weighted by Gasteiger charge is -2.14. The maximum Gasteiger partial charge on any atom is 0.282 e. The molecular weight excluding hydrogens is 435 g/mol. The van der Waals surface area contributed by atoms with Crippen molar-refractivity contribution in [1.82, 2.24) is 5.43 Å². The third-order valence-corrected chi connectivity index (χ3v) is 4.59. The summed E-state index contributed by atoms with van der Waals surface area (Å²) in [7, 11) is 1.44. The number of aromatic hydroxyl groups is 1. The number of carbonyl (C=O) groups is 2. The zero-order valence-corrected chi connectivity index (χ0v) is 15.7. The van der Waals surface area contributed by atoms with Gasteiger partial charge in [0.1, 0.15) is 5.57 Å². The van der Waals surface area contributed by atoms with Gasteiger partial charge in [-0.15, -0.1) is 0 Å². The Kier molecular flexibility index (Phi) is 4.67. The Labute approximate surface area is 158 Å². The summed E-state index contributed by atoms with van der Waals surface area (Å²) in [5.41, 5.74) is 4.81. The lowest BCUT2D eigenvalue weighted by Crippen LogP contribution is -2.35. The van der Waals surface area contributed by atoms with Crippen LogP contribution in [0.1, 0.15) is 11.1 Å². The number of amides is 2. The standard InChI is InChI=1S/C18H15IN2O4/c1-10-3-5-12(6-4-10)21-18(24)13(17(23)20-21)7-11-8-14(19)16(22)15(9-11)25-2/h3-9,22H,1-2H3,(H,20,23)/b13-7-. The highest BCUT2D eigenvalue weighted by Gasteiger charge is 2.34. The van der Waals surface area contributed by atoms with Gasteiger partial charge >= 0.3 is 0 Å². The number of phenolic OH excluding ortho intramolecular Hbond substituents is 1. The minimum Gasteiger partial charge on any atom is -0.504 e. The number of hydrazine groups is 1. The van der Waals surface area contributed by atoms with Crippen LogP contribution in [-0.4, -0.2) is 24.0 Å². The molecule has 1 aliphatic rings. The minimum absolute atomic E-state index is 0.0177. The monoisotopic (exact) mass is 450 g/mol. The first-order valence-electron chi connectivity index (χ1n) is 7.41. The highest BCUT2D eigenvalue weighted by atomic mass is 127. The van der Waals surface area contributed by atoms with Crippen LogP contribution in [0.3, 0.4) is 0 Å². The Morgan fingerprint density at radius 2 is 1.88 bits per heavy atom. The van der Waals surface area contributed by atoms with Crippen LogP contribution in [0.4, 0.5) is 5.69 Å². The molecule has 0 unspecified atom stereocenters. The maximum atomic E-state index is 12.6. The number of aryl methyl sites for hydroxylation is 1.